The van der Waals surface area contributed by atoms with E-state index in [0.717, 1.165) is 38.5 Å². The lowest BCUT2D eigenvalue weighted by molar-refractivity contribution is -0.312. The number of carbonyl (C=O) groups excluding carboxylic acids is 1. The van der Waals surface area contributed by atoms with E-state index in [1.165, 1.54) is 0 Å². The number of carbonyl (C=O) groups is 1. The van der Waals surface area contributed by atoms with E-state index in [1.54, 1.807) is 0 Å². The van der Waals surface area contributed by atoms with Crippen molar-refractivity contribution in [3.05, 3.63) is 0 Å². The lowest BCUT2D eigenvalue weighted by Crippen LogP contribution is -2.31. The number of nitrogens with zero attached hydrogens (tertiary/aromatic N) is 1. The van der Waals surface area contributed by atoms with Gasteiger partial charge >= 0.3 is 0 Å². The number of quaternary nitrogens is 1. The molecule has 0 aliphatic rings. The summed E-state index contributed by atoms with van der Waals surface area (Å²) < 4.78 is 0. The second-order valence-corrected chi connectivity index (χ2v) is 3.92. The van der Waals surface area contributed by atoms with E-state index in [-0.39, 0.29) is 12.1 Å². The summed E-state index contributed by atoms with van der Waals surface area (Å²) in [5.41, 5.74) is 0. The molecular weight excluding hydrogens is 204 g/mol. The van der Waals surface area contributed by atoms with Gasteiger partial charge in [0.15, 0.2) is 0 Å². The Morgan fingerprint density at radius 1 is 1.25 bits per heavy atom. The number of hydrogen-bond donors (Lipinski definition) is 1. The average molecular weight is 228 g/mol. The van der Waals surface area contributed by atoms with E-state index in [4.69, 9.17) is 5.26 Å². The monoisotopic (exact) mass is 228 g/mol. The molecule has 0 aromatic heterocycles. The summed E-state index contributed by atoms with van der Waals surface area (Å²) in [7, 11) is 0. The first kappa shape index (κ1) is 17.3. The molecule has 0 aromatic rings. The second kappa shape index (κ2) is 12.0. The van der Waals surface area contributed by atoms with Crippen molar-refractivity contribution in [1.29, 1.82) is 5.26 Å². The molecule has 0 radical (unpaired) electrons. The highest BCUT2D eigenvalue weighted by Crippen LogP contribution is 2.16. The lowest BCUT2D eigenvalue weighted by Gasteiger charge is -2.17. The van der Waals surface area contributed by atoms with Crippen LogP contribution in [0.15, 0.2) is 0 Å². The molecule has 4 nitrogen and oxygen atoms in total. The number of carboxylic acid groups (broad SMARTS) is 1. The van der Waals surface area contributed by atoms with Gasteiger partial charge in [-0.15, -0.1) is 0 Å². The first-order valence-electron chi connectivity index (χ1n) is 5.80. The zero-order valence-corrected chi connectivity index (χ0v) is 10.5. The summed E-state index contributed by atoms with van der Waals surface area (Å²) in [6.45, 7) is 2.05. The van der Waals surface area contributed by atoms with E-state index in [2.05, 4.69) is 13.0 Å². The molecule has 0 fully saturated rings. The lowest BCUT2D eigenvalue weighted by atomic mass is 9.95. The Kier molecular flexibility index (Phi) is 13.0. The molecule has 0 bridgehead atoms. The van der Waals surface area contributed by atoms with Crippen LogP contribution in [-0.2, 0) is 4.79 Å². The Bertz CT molecular complexity index is 212. The van der Waals surface area contributed by atoms with Crippen LogP contribution in [0, 0.1) is 17.2 Å². The summed E-state index contributed by atoms with van der Waals surface area (Å²) in [5, 5.41) is 19.1. The summed E-state index contributed by atoms with van der Waals surface area (Å²) in [6, 6.07) is 2.08. The maximum absolute atomic E-state index is 10.8. The molecule has 0 saturated carbocycles. The van der Waals surface area contributed by atoms with E-state index in [0.29, 0.717) is 12.8 Å². The van der Waals surface area contributed by atoms with Gasteiger partial charge in [-0.25, -0.2) is 0 Å². The Morgan fingerprint density at radius 3 is 2.38 bits per heavy atom. The number of carboxylic acids is 1. The van der Waals surface area contributed by atoms with Crippen molar-refractivity contribution in [2.75, 3.05) is 0 Å². The number of aliphatic carboxylic acids is 1. The predicted molar refractivity (Wildman–Crippen MR) is 62.7 cm³/mol. The van der Waals surface area contributed by atoms with Gasteiger partial charge in [0.2, 0.25) is 0 Å². The maximum Gasteiger partial charge on any atom is 0.0621 e. The molecule has 4 N–H and O–H groups in total. The summed E-state index contributed by atoms with van der Waals surface area (Å²) in [4.78, 5) is 10.8. The van der Waals surface area contributed by atoms with Gasteiger partial charge in [0, 0.05) is 12.4 Å². The van der Waals surface area contributed by atoms with Crippen LogP contribution < -0.4 is 11.3 Å². The second-order valence-electron chi connectivity index (χ2n) is 3.92. The fourth-order valence-corrected chi connectivity index (χ4v) is 1.60. The summed E-state index contributed by atoms with van der Waals surface area (Å²) >= 11 is 0. The van der Waals surface area contributed by atoms with Crippen LogP contribution in [0.2, 0.25) is 0 Å². The molecule has 94 valence electrons. The van der Waals surface area contributed by atoms with Gasteiger partial charge in [-0.1, -0.05) is 32.6 Å². The van der Waals surface area contributed by atoms with Gasteiger partial charge in [0.05, 0.1) is 6.07 Å². The van der Waals surface area contributed by atoms with Gasteiger partial charge in [-0.3, -0.25) is 0 Å². The van der Waals surface area contributed by atoms with Crippen LogP contribution in [-0.4, -0.2) is 5.97 Å². The number of unbranched alkanes of at least 4 members (excludes halogenated alkanes) is 4. The van der Waals surface area contributed by atoms with Gasteiger partial charge in [0.1, 0.15) is 0 Å². The Labute approximate surface area is 98.2 Å². The number of hydrogen-bond acceptors (Lipinski definition) is 3. The molecule has 0 aromatic carbocycles. The van der Waals surface area contributed by atoms with E-state index < -0.39 is 5.97 Å². The van der Waals surface area contributed by atoms with E-state index in [1.807, 2.05) is 0 Å². The third kappa shape index (κ3) is 9.47. The van der Waals surface area contributed by atoms with Crippen molar-refractivity contribution in [3.8, 4) is 6.07 Å². The van der Waals surface area contributed by atoms with Crippen molar-refractivity contribution >= 4 is 5.97 Å². The molecule has 16 heavy (non-hydrogen) atoms. The van der Waals surface area contributed by atoms with Gasteiger partial charge in [0.25, 0.3) is 0 Å². The third-order valence-corrected chi connectivity index (χ3v) is 2.58. The van der Waals surface area contributed by atoms with Crippen LogP contribution in [0.5, 0.6) is 0 Å². The minimum Gasteiger partial charge on any atom is -0.550 e. The Morgan fingerprint density at radius 2 is 1.88 bits per heavy atom. The zero-order chi connectivity index (χ0) is 11.5. The molecule has 0 aliphatic heterocycles. The van der Waals surface area contributed by atoms with Crippen molar-refractivity contribution in [1.82, 2.24) is 6.15 Å². The molecular formula is C12H24N2O2. The molecule has 0 spiro atoms. The predicted octanol–water partition coefficient (Wildman–Crippen LogP) is 2.39. The third-order valence-electron chi connectivity index (χ3n) is 2.58. The molecule has 0 aliphatic carbocycles. The van der Waals surface area contributed by atoms with E-state index in [9.17, 15) is 9.90 Å². The Balaban J connectivity index is 0. The first-order valence-corrected chi connectivity index (χ1v) is 5.80. The zero-order valence-electron chi connectivity index (χ0n) is 10.5. The highest BCUT2D eigenvalue weighted by Gasteiger charge is 2.08. The quantitative estimate of drug-likeness (QED) is 0.613. The van der Waals surface area contributed by atoms with Crippen molar-refractivity contribution < 1.29 is 9.90 Å². The molecule has 0 saturated heterocycles. The van der Waals surface area contributed by atoms with Crippen molar-refractivity contribution in [3.63, 3.8) is 0 Å². The normalized spacial score (nSPS) is 11.2. The smallest absolute Gasteiger partial charge is 0.0621 e. The molecule has 0 rings (SSSR count). The van der Waals surface area contributed by atoms with Crippen LogP contribution in [0.1, 0.15) is 58.3 Å². The van der Waals surface area contributed by atoms with Gasteiger partial charge in [-0.05, 0) is 25.2 Å². The molecule has 1 atom stereocenters. The van der Waals surface area contributed by atoms with Crippen molar-refractivity contribution in [2.45, 2.75) is 58.3 Å². The van der Waals surface area contributed by atoms with E-state index >= 15 is 0 Å². The fraction of sp³-hybridized carbons (Fsp3) is 0.833. The average Bonchev–Trinajstić information content (AvgIpc) is 2.21. The summed E-state index contributed by atoms with van der Waals surface area (Å²) in [5.74, 6) is -1.20. The van der Waals surface area contributed by atoms with Gasteiger partial charge in [-0.2, -0.15) is 5.26 Å². The number of nitriles is 1. The molecule has 1 unspecified atom stereocenters. The fourth-order valence-electron chi connectivity index (χ4n) is 1.60. The van der Waals surface area contributed by atoms with Crippen molar-refractivity contribution in [2.24, 2.45) is 5.92 Å². The minimum atomic E-state index is -0.913. The van der Waals surface area contributed by atoms with Crippen LogP contribution in [0.4, 0.5) is 0 Å². The SMILES string of the molecule is CCCCC(CCCCCC#N)C(=O)[O-].[NH4+]. The van der Waals surface area contributed by atoms with Crippen LogP contribution in [0.3, 0.4) is 0 Å². The highest BCUT2D eigenvalue weighted by molar-refractivity contribution is 5.67. The largest absolute Gasteiger partial charge is 0.550 e. The highest BCUT2D eigenvalue weighted by atomic mass is 16.4. The maximum atomic E-state index is 10.8. The first-order chi connectivity index (χ1) is 7.22. The topological polar surface area (TPSA) is 100 Å². The van der Waals surface area contributed by atoms with Gasteiger partial charge < -0.3 is 16.1 Å². The standard InChI is InChI=1S/C12H21NO2.H3N/c1-2-3-8-11(12(14)15)9-6-4-5-7-10-13;/h11H,2-9H2,1H3,(H,14,15);1H3. The molecule has 4 heteroatoms. The summed E-state index contributed by atoms with van der Waals surface area (Å²) in [6.07, 6.45) is 6.71. The minimum absolute atomic E-state index is 0. The Hall–Kier alpha value is -1.08. The van der Waals surface area contributed by atoms with Crippen LogP contribution >= 0.6 is 0 Å². The van der Waals surface area contributed by atoms with Crippen LogP contribution in [0.25, 0.3) is 0 Å². The molecule has 0 heterocycles. The molecule has 0 amide bonds. The number of rotatable bonds is 9.